The van der Waals surface area contributed by atoms with Gasteiger partial charge in [0.1, 0.15) is 12.4 Å². The third-order valence-corrected chi connectivity index (χ3v) is 5.54. The predicted molar refractivity (Wildman–Crippen MR) is 135 cm³/mol. The maximum absolute atomic E-state index is 8.05. The van der Waals surface area contributed by atoms with Crippen LogP contribution in [0, 0.1) is 12.3 Å². The lowest BCUT2D eigenvalue weighted by atomic mass is 10.0. The quantitative estimate of drug-likeness (QED) is 0.290. The van der Waals surface area contributed by atoms with Gasteiger partial charge in [-0.2, -0.15) is 0 Å². The Labute approximate surface area is 198 Å². The topological polar surface area (TPSA) is 150 Å². The Kier molecular flexibility index (Phi) is 6.60. The number of aromatic nitrogens is 2. The molecular weight excluding hydrogens is 428 g/mol. The van der Waals surface area contributed by atoms with E-state index < -0.39 is 0 Å². The van der Waals surface area contributed by atoms with Crippen LogP contribution in [0.5, 0.6) is 5.75 Å². The molecule has 3 aromatic heterocycles. The zero-order valence-electron chi connectivity index (χ0n) is 19.2. The predicted octanol–water partition coefficient (Wildman–Crippen LogP) is 4.21. The Morgan fingerprint density at radius 2 is 1.88 bits per heavy atom. The van der Waals surface area contributed by atoms with E-state index in [1.807, 2.05) is 43.3 Å². The number of aryl methyl sites for hydroxylation is 1. The van der Waals surface area contributed by atoms with Crippen LogP contribution >= 0.6 is 0 Å². The van der Waals surface area contributed by atoms with Crippen LogP contribution in [0.1, 0.15) is 23.8 Å². The number of furan rings is 1. The van der Waals surface area contributed by atoms with E-state index >= 15 is 0 Å². The lowest BCUT2D eigenvalue weighted by molar-refractivity contribution is 0.288. The molecule has 4 aromatic rings. The van der Waals surface area contributed by atoms with Crippen LogP contribution < -0.4 is 21.9 Å². The number of nitrogens with two attached hydrogens (primary N) is 3. The molecule has 0 aliphatic heterocycles. The second-order valence-electron chi connectivity index (χ2n) is 8.20. The summed E-state index contributed by atoms with van der Waals surface area (Å²) in [5.74, 6) is 1.35. The van der Waals surface area contributed by atoms with Crippen molar-refractivity contribution in [3.63, 3.8) is 0 Å². The maximum atomic E-state index is 8.05. The zero-order valence-corrected chi connectivity index (χ0v) is 19.2. The fourth-order valence-corrected chi connectivity index (χ4v) is 3.77. The lowest BCUT2D eigenvalue weighted by Gasteiger charge is -2.17. The fraction of sp³-hybridized carbons (Fsp3) is 0.192. The highest BCUT2D eigenvalue weighted by molar-refractivity contribution is 6.02. The third kappa shape index (κ3) is 4.92. The van der Waals surface area contributed by atoms with E-state index in [-0.39, 0.29) is 18.5 Å². The molecule has 0 fully saturated rings. The maximum Gasteiger partial charge on any atom is 0.166 e. The van der Waals surface area contributed by atoms with Crippen molar-refractivity contribution in [1.29, 1.82) is 5.41 Å². The number of nitrogens with one attached hydrogen (secondary N) is 1. The summed E-state index contributed by atoms with van der Waals surface area (Å²) in [6.07, 6.45) is 3.82. The Balaban J connectivity index is 1.70. The summed E-state index contributed by atoms with van der Waals surface area (Å²) in [5, 5.41) is 8.05. The number of anilines is 2. The highest BCUT2D eigenvalue weighted by Gasteiger charge is 2.20. The van der Waals surface area contributed by atoms with Gasteiger partial charge in [0, 0.05) is 28.4 Å². The molecule has 8 nitrogen and oxygen atoms in total. The summed E-state index contributed by atoms with van der Waals surface area (Å²) < 4.78 is 11.5. The van der Waals surface area contributed by atoms with E-state index in [1.54, 1.807) is 31.5 Å². The Hall–Kier alpha value is -4.17. The van der Waals surface area contributed by atoms with Gasteiger partial charge in [0.25, 0.3) is 0 Å². The Morgan fingerprint density at radius 3 is 2.56 bits per heavy atom. The highest BCUT2D eigenvalue weighted by Crippen LogP contribution is 2.37. The number of nitrogens with zero attached hydrogens (tertiary/aromatic N) is 2. The van der Waals surface area contributed by atoms with Crippen LogP contribution in [-0.4, -0.2) is 28.3 Å². The van der Waals surface area contributed by atoms with Gasteiger partial charge in [-0.05, 0) is 44.0 Å². The summed E-state index contributed by atoms with van der Waals surface area (Å²) in [6.45, 7) is 3.80. The number of nitrogen functional groups attached to an aromatic ring is 2. The average molecular weight is 457 g/mol. The van der Waals surface area contributed by atoms with Gasteiger partial charge in [0.2, 0.25) is 0 Å². The molecule has 8 heteroatoms. The average Bonchev–Trinajstić information content (AvgIpc) is 3.24. The molecule has 0 saturated heterocycles. The van der Waals surface area contributed by atoms with Gasteiger partial charge in [0.05, 0.1) is 29.5 Å². The highest BCUT2D eigenvalue weighted by atomic mass is 16.5. The minimum absolute atomic E-state index is 0.220. The monoisotopic (exact) mass is 456 g/mol. The summed E-state index contributed by atoms with van der Waals surface area (Å²) in [5.41, 5.74) is 23.8. The molecule has 1 atom stereocenters. The number of pyridine rings is 2. The van der Waals surface area contributed by atoms with Gasteiger partial charge in [0.15, 0.2) is 11.6 Å². The lowest BCUT2D eigenvalue weighted by Crippen LogP contribution is -2.30. The molecule has 174 valence electrons. The molecule has 4 rings (SSSR count). The molecule has 7 N–H and O–H groups in total. The minimum atomic E-state index is -0.220. The first-order valence-corrected chi connectivity index (χ1v) is 10.9. The van der Waals surface area contributed by atoms with Crippen molar-refractivity contribution >= 4 is 17.2 Å². The molecular formula is C26H28N6O2. The van der Waals surface area contributed by atoms with Gasteiger partial charge >= 0.3 is 0 Å². The van der Waals surface area contributed by atoms with E-state index in [2.05, 4.69) is 9.97 Å². The molecule has 0 spiro atoms. The zero-order chi connectivity index (χ0) is 24.2. The number of hydrogen-bond donors (Lipinski definition) is 4. The number of benzene rings is 1. The van der Waals surface area contributed by atoms with E-state index in [9.17, 15) is 0 Å². The Bertz CT molecular complexity index is 1320. The van der Waals surface area contributed by atoms with E-state index in [0.29, 0.717) is 51.8 Å². The molecule has 0 bridgehead atoms. The second kappa shape index (κ2) is 9.76. The first-order valence-electron chi connectivity index (χ1n) is 10.9. The summed E-state index contributed by atoms with van der Waals surface area (Å²) in [6, 6.07) is 15.2. The van der Waals surface area contributed by atoms with Gasteiger partial charge < -0.3 is 31.8 Å². The normalized spacial score (nSPS) is 11.9. The van der Waals surface area contributed by atoms with Crippen molar-refractivity contribution < 1.29 is 9.15 Å². The SMILES string of the molecule is CC(=N)c1cc(-c2cc(OC[C@@H](N)Cc3ccccc3)c(N)nc2-c2ccoc2C)ncc1N. The standard InChI is InChI=1S/C26H28N6O2/c1-15(27)20-11-23(31-13-22(20)29)21-12-24(26(30)32-25(21)19-8-9-33-16(19)2)34-14-18(28)10-17-6-4-3-5-7-17/h3-9,11-13,18,27H,10,14,28-29H2,1-2H3,(H2,30,32)/t18-/m0/s1. The molecule has 1 aromatic carbocycles. The van der Waals surface area contributed by atoms with Crippen LogP contribution in [-0.2, 0) is 6.42 Å². The van der Waals surface area contributed by atoms with Gasteiger partial charge in [-0.15, -0.1) is 0 Å². The van der Waals surface area contributed by atoms with Crippen LogP contribution in [0.3, 0.4) is 0 Å². The minimum Gasteiger partial charge on any atom is -0.488 e. The summed E-state index contributed by atoms with van der Waals surface area (Å²) in [7, 11) is 0. The molecule has 0 aliphatic carbocycles. The van der Waals surface area contributed by atoms with Gasteiger partial charge in [-0.25, -0.2) is 4.98 Å². The molecule has 0 radical (unpaired) electrons. The molecule has 0 amide bonds. The molecule has 3 heterocycles. The first-order chi connectivity index (χ1) is 16.3. The van der Waals surface area contributed by atoms with E-state index in [1.165, 1.54) is 0 Å². The molecule has 0 aliphatic rings. The van der Waals surface area contributed by atoms with Crippen molar-refractivity contribution in [3.05, 3.63) is 77.9 Å². The summed E-state index contributed by atoms with van der Waals surface area (Å²) in [4.78, 5) is 9.14. The smallest absolute Gasteiger partial charge is 0.166 e. The van der Waals surface area contributed by atoms with Crippen molar-refractivity contribution in [2.45, 2.75) is 26.3 Å². The van der Waals surface area contributed by atoms with Gasteiger partial charge in [-0.3, -0.25) is 4.98 Å². The van der Waals surface area contributed by atoms with Crippen LogP contribution in [0.15, 0.2) is 65.4 Å². The van der Waals surface area contributed by atoms with Crippen molar-refractivity contribution in [1.82, 2.24) is 9.97 Å². The third-order valence-electron chi connectivity index (χ3n) is 5.54. The fourth-order valence-electron chi connectivity index (χ4n) is 3.77. The summed E-state index contributed by atoms with van der Waals surface area (Å²) >= 11 is 0. The first kappa shape index (κ1) is 23.0. The van der Waals surface area contributed by atoms with Crippen molar-refractivity contribution in [3.8, 4) is 28.3 Å². The Morgan fingerprint density at radius 1 is 1.12 bits per heavy atom. The molecule has 0 unspecified atom stereocenters. The largest absolute Gasteiger partial charge is 0.488 e. The van der Waals surface area contributed by atoms with Crippen molar-refractivity contribution in [2.75, 3.05) is 18.1 Å². The molecule has 0 saturated carbocycles. The van der Waals surface area contributed by atoms with E-state index in [0.717, 1.165) is 11.1 Å². The second-order valence-corrected chi connectivity index (χ2v) is 8.20. The number of rotatable bonds is 8. The van der Waals surface area contributed by atoms with E-state index in [4.69, 9.17) is 31.8 Å². The number of ether oxygens (including phenoxy) is 1. The van der Waals surface area contributed by atoms with Crippen molar-refractivity contribution in [2.24, 2.45) is 5.73 Å². The number of hydrogen-bond acceptors (Lipinski definition) is 8. The van der Waals surface area contributed by atoms with Gasteiger partial charge in [-0.1, -0.05) is 30.3 Å². The van der Waals surface area contributed by atoms with Crippen LogP contribution in [0.4, 0.5) is 11.5 Å². The van der Waals surface area contributed by atoms with Crippen LogP contribution in [0.25, 0.3) is 22.5 Å². The van der Waals surface area contributed by atoms with Crippen LogP contribution in [0.2, 0.25) is 0 Å². The molecule has 34 heavy (non-hydrogen) atoms.